The van der Waals surface area contributed by atoms with Gasteiger partial charge in [0.2, 0.25) is 23.6 Å². The second-order valence-corrected chi connectivity index (χ2v) is 15.7. The lowest BCUT2D eigenvalue weighted by atomic mass is 9.82. The quantitative estimate of drug-likeness (QED) is 0.171. The summed E-state index contributed by atoms with van der Waals surface area (Å²) in [7, 11) is 7.98. The predicted molar refractivity (Wildman–Crippen MR) is 204 cm³/mol. The van der Waals surface area contributed by atoms with Gasteiger partial charge in [0.1, 0.15) is 17.7 Å². The average Bonchev–Trinajstić information content (AvgIpc) is 3.47. The fourth-order valence-electron chi connectivity index (χ4n) is 7.99. The molecule has 2 rings (SSSR count). The van der Waals surface area contributed by atoms with Crippen LogP contribution >= 0.6 is 0 Å². The van der Waals surface area contributed by atoms with E-state index < -0.39 is 53.4 Å². The average molecular weight is 768 g/mol. The molecule has 12 nitrogen and oxygen atoms in total. The SMILES string of the molecule is CCC(C)[C@@H]([C@@H](CC(=O)N1C[C@H](OC)C[C@@]1(C)[C@H](OC)[C@@H](C)C(=O)NCCc1c(F)cccc1F)OC)N(C)C(=O)[C@@H](NC(=O)[C@@H](NC)C(C)C)C(C)C. The number of likely N-dealkylation sites (N-methyl/N-ethyl adjacent to an activating group) is 2. The van der Waals surface area contributed by atoms with Crippen LogP contribution in [0.15, 0.2) is 18.2 Å². The van der Waals surface area contributed by atoms with Crippen LogP contribution in [0, 0.1) is 35.3 Å². The minimum Gasteiger partial charge on any atom is -0.380 e. The van der Waals surface area contributed by atoms with E-state index in [4.69, 9.17) is 14.2 Å². The summed E-state index contributed by atoms with van der Waals surface area (Å²) in [6, 6.07) is 1.84. The van der Waals surface area contributed by atoms with E-state index in [2.05, 4.69) is 16.0 Å². The Hall–Kier alpha value is -3.20. The van der Waals surface area contributed by atoms with E-state index in [0.29, 0.717) is 12.8 Å². The van der Waals surface area contributed by atoms with Gasteiger partial charge >= 0.3 is 0 Å². The Balaban J connectivity index is 2.35. The van der Waals surface area contributed by atoms with Gasteiger partial charge in [-0.2, -0.15) is 0 Å². The number of carbonyl (C=O) groups is 4. The van der Waals surface area contributed by atoms with Crippen LogP contribution < -0.4 is 16.0 Å². The second kappa shape index (κ2) is 21.2. The summed E-state index contributed by atoms with van der Waals surface area (Å²) in [5.41, 5.74) is -1.09. The molecule has 0 aliphatic carbocycles. The predicted octanol–water partition coefficient (Wildman–Crippen LogP) is 3.94. The number of halogens is 2. The van der Waals surface area contributed by atoms with Crippen molar-refractivity contribution in [3.05, 3.63) is 35.4 Å². The van der Waals surface area contributed by atoms with Crippen molar-refractivity contribution >= 4 is 23.6 Å². The number of amides is 4. The lowest BCUT2D eigenvalue weighted by molar-refractivity contribution is -0.152. The minimum absolute atomic E-state index is 0.00538. The summed E-state index contributed by atoms with van der Waals surface area (Å²) in [5.74, 6) is -3.58. The first-order valence-corrected chi connectivity index (χ1v) is 19.2. The molecule has 1 fully saturated rings. The van der Waals surface area contributed by atoms with E-state index >= 15 is 0 Å². The number of hydrogen-bond acceptors (Lipinski definition) is 8. The Labute approximate surface area is 321 Å². The van der Waals surface area contributed by atoms with Crippen molar-refractivity contribution in [1.29, 1.82) is 0 Å². The molecule has 1 aromatic carbocycles. The number of likely N-dealkylation sites (tertiary alicyclic amines) is 1. The van der Waals surface area contributed by atoms with Crippen LogP contribution in [0.1, 0.15) is 80.2 Å². The van der Waals surface area contributed by atoms with Crippen molar-refractivity contribution in [2.24, 2.45) is 23.7 Å². The third kappa shape index (κ3) is 11.2. The Kier molecular flexibility index (Phi) is 18.4. The van der Waals surface area contributed by atoms with Gasteiger partial charge in [0, 0.05) is 53.5 Å². The van der Waals surface area contributed by atoms with Crippen molar-refractivity contribution < 1.29 is 42.2 Å². The van der Waals surface area contributed by atoms with E-state index in [9.17, 15) is 28.0 Å². The standard InChI is InChI=1S/C40H67F2N5O7/c1-14-25(6)35(46(10)39(51)34(24(4)5)45-38(50)33(43-9)23(2)3)31(53-12)20-32(48)47-22-27(52-11)21-40(47,8)36(54-13)26(7)37(49)44-19-18-28-29(41)16-15-17-30(28)42/h15-17,23-27,31,33-36,43H,14,18-22H2,1-13H3,(H,44,49)(H,45,50)/t25?,26-,27-,31-,33+,34+,35+,36-,40+/m1/s1. The zero-order valence-corrected chi connectivity index (χ0v) is 34.8. The summed E-state index contributed by atoms with van der Waals surface area (Å²) >= 11 is 0. The molecule has 3 N–H and O–H groups in total. The number of ether oxygens (including phenoxy) is 3. The molecule has 9 atom stereocenters. The van der Waals surface area contributed by atoms with Crippen molar-refractivity contribution in [3.8, 4) is 0 Å². The first kappa shape index (κ1) is 47.0. The van der Waals surface area contributed by atoms with Crippen molar-refractivity contribution in [2.75, 3.05) is 48.5 Å². The fraction of sp³-hybridized carbons (Fsp3) is 0.750. The van der Waals surface area contributed by atoms with Gasteiger partial charge in [-0.15, -0.1) is 0 Å². The molecule has 0 aromatic heterocycles. The Bertz CT molecular complexity index is 1380. The number of nitrogens with one attached hydrogen (secondary N) is 3. The largest absolute Gasteiger partial charge is 0.380 e. The van der Waals surface area contributed by atoms with Gasteiger partial charge in [0.25, 0.3) is 0 Å². The molecule has 1 aliphatic heterocycles. The van der Waals surface area contributed by atoms with Crippen LogP contribution in [0.3, 0.4) is 0 Å². The molecule has 14 heteroatoms. The normalized spacial score (nSPS) is 21.3. The van der Waals surface area contributed by atoms with E-state index in [1.165, 1.54) is 32.4 Å². The molecule has 1 saturated heterocycles. The van der Waals surface area contributed by atoms with Crippen LogP contribution in [0.4, 0.5) is 8.78 Å². The molecule has 0 spiro atoms. The zero-order chi connectivity index (χ0) is 41.1. The number of carbonyl (C=O) groups excluding carboxylic acids is 4. The topological polar surface area (TPSA) is 139 Å². The van der Waals surface area contributed by atoms with Crippen LogP contribution in [-0.2, 0) is 39.8 Å². The number of rotatable bonds is 21. The molecule has 0 saturated carbocycles. The monoisotopic (exact) mass is 768 g/mol. The first-order valence-electron chi connectivity index (χ1n) is 19.2. The zero-order valence-electron chi connectivity index (χ0n) is 34.8. The van der Waals surface area contributed by atoms with Gasteiger partial charge in [0.05, 0.1) is 48.3 Å². The molecule has 308 valence electrons. The highest BCUT2D eigenvalue weighted by Crippen LogP contribution is 2.39. The summed E-state index contributed by atoms with van der Waals surface area (Å²) in [6.07, 6.45) is -0.853. The third-order valence-corrected chi connectivity index (χ3v) is 11.3. The first-order chi connectivity index (χ1) is 25.3. The van der Waals surface area contributed by atoms with Gasteiger partial charge in [-0.1, -0.05) is 61.0 Å². The third-order valence-electron chi connectivity index (χ3n) is 11.3. The molecule has 0 radical (unpaired) electrons. The van der Waals surface area contributed by atoms with Crippen molar-refractivity contribution in [2.45, 2.75) is 123 Å². The fourth-order valence-corrected chi connectivity index (χ4v) is 7.99. The number of benzene rings is 1. The molecule has 0 bridgehead atoms. The molecular weight excluding hydrogens is 700 g/mol. The maximum Gasteiger partial charge on any atom is 0.245 e. The highest BCUT2D eigenvalue weighted by Gasteiger charge is 2.53. The number of hydrogen-bond donors (Lipinski definition) is 3. The van der Waals surface area contributed by atoms with Gasteiger partial charge in [-0.3, -0.25) is 19.2 Å². The maximum atomic E-state index is 14.5. The smallest absolute Gasteiger partial charge is 0.245 e. The Morgan fingerprint density at radius 3 is 2.04 bits per heavy atom. The number of methoxy groups -OCH3 is 3. The molecule has 1 heterocycles. The van der Waals surface area contributed by atoms with E-state index in [1.807, 2.05) is 48.5 Å². The summed E-state index contributed by atoms with van der Waals surface area (Å²) in [6.45, 7) is 15.5. The van der Waals surface area contributed by atoms with Crippen LogP contribution in [-0.4, -0.2) is 124 Å². The van der Waals surface area contributed by atoms with E-state index in [-0.39, 0.29) is 79.0 Å². The summed E-state index contributed by atoms with van der Waals surface area (Å²) < 4.78 is 46.1. The van der Waals surface area contributed by atoms with Crippen LogP contribution in [0.5, 0.6) is 0 Å². The molecule has 1 aliphatic rings. The lowest BCUT2D eigenvalue weighted by Gasteiger charge is -2.44. The van der Waals surface area contributed by atoms with Gasteiger partial charge < -0.3 is 40.0 Å². The van der Waals surface area contributed by atoms with Gasteiger partial charge in [-0.05, 0) is 50.3 Å². The van der Waals surface area contributed by atoms with Crippen molar-refractivity contribution in [1.82, 2.24) is 25.8 Å². The highest BCUT2D eigenvalue weighted by molar-refractivity contribution is 5.90. The minimum atomic E-state index is -0.986. The molecular formula is C40H67F2N5O7. The number of nitrogens with zero attached hydrogens (tertiary/aromatic N) is 2. The van der Waals surface area contributed by atoms with Gasteiger partial charge in [-0.25, -0.2) is 8.78 Å². The molecule has 4 amide bonds. The molecule has 54 heavy (non-hydrogen) atoms. The van der Waals surface area contributed by atoms with Crippen molar-refractivity contribution in [3.63, 3.8) is 0 Å². The van der Waals surface area contributed by atoms with Gasteiger partial charge in [0.15, 0.2) is 0 Å². The molecule has 1 aromatic rings. The van der Waals surface area contributed by atoms with Crippen LogP contribution in [0.25, 0.3) is 0 Å². The van der Waals surface area contributed by atoms with E-state index in [0.717, 1.165) is 0 Å². The van der Waals surface area contributed by atoms with Crippen LogP contribution in [0.2, 0.25) is 0 Å². The highest BCUT2D eigenvalue weighted by atomic mass is 19.1. The maximum absolute atomic E-state index is 14.5. The summed E-state index contributed by atoms with van der Waals surface area (Å²) in [5, 5.41) is 8.78. The lowest BCUT2D eigenvalue weighted by Crippen LogP contribution is -2.60. The Morgan fingerprint density at radius 1 is 0.963 bits per heavy atom. The van der Waals surface area contributed by atoms with E-state index in [1.54, 1.807) is 37.9 Å². The Morgan fingerprint density at radius 2 is 1.56 bits per heavy atom. The summed E-state index contributed by atoms with van der Waals surface area (Å²) in [4.78, 5) is 58.6. The molecule has 1 unspecified atom stereocenters. The second-order valence-electron chi connectivity index (χ2n) is 15.7.